The fourth-order valence-electron chi connectivity index (χ4n) is 7.40. The summed E-state index contributed by atoms with van der Waals surface area (Å²) in [5.74, 6) is -1.36. The van der Waals surface area contributed by atoms with Gasteiger partial charge in [-0.3, -0.25) is 27.7 Å². The molecule has 0 spiro atoms. The van der Waals surface area contributed by atoms with Crippen LogP contribution in [0.15, 0.2) is 48.6 Å². The number of unbranched alkanes of at least 4 members (excludes halogenated alkanes) is 18. The van der Waals surface area contributed by atoms with Gasteiger partial charge in [-0.2, -0.15) is 0 Å². The third kappa shape index (κ3) is 35.0. The largest absolute Gasteiger partial charge is 0.472 e. The van der Waals surface area contributed by atoms with Crippen LogP contribution in [0.2, 0.25) is 0 Å². The number of aliphatic hydroxyl groups is 3. The van der Waals surface area contributed by atoms with E-state index < -0.39 is 91.3 Å². The van der Waals surface area contributed by atoms with Crippen molar-refractivity contribution < 1.29 is 90.6 Å². The van der Waals surface area contributed by atoms with Gasteiger partial charge in [-0.1, -0.05) is 165 Å². The van der Waals surface area contributed by atoms with E-state index in [0.29, 0.717) is 25.7 Å². The number of carbonyl (C=O) groups excluding carboxylic acids is 2. The average Bonchev–Trinajstić information content (AvgIpc) is 3.28. The Labute approximate surface area is 410 Å². The third-order valence-electron chi connectivity index (χ3n) is 11.1. The molecule has 1 rings (SSSR count). The number of aliphatic hydroxyl groups excluding tert-OH is 3. The van der Waals surface area contributed by atoms with Crippen LogP contribution in [0.4, 0.5) is 0 Å². The van der Waals surface area contributed by atoms with E-state index in [-0.39, 0.29) is 12.8 Å². The van der Waals surface area contributed by atoms with E-state index >= 15 is 0 Å². The first-order valence-corrected chi connectivity index (χ1v) is 29.5. The Morgan fingerprint density at radius 3 is 1.33 bits per heavy atom. The molecule has 402 valence electrons. The van der Waals surface area contributed by atoms with Crippen molar-refractivity contribution >= 4 is 35.4 Å². The molecule has 0 aromatic rings. The Hall–Kier alpha value is -1.89. The molecular weight excluding hydrogens is 961 g/mol. The molecular formula is C47H85O19P3. The number of hydrogen-bond acceptors (Lipinski definition) is 14. The van der Waals surface area contributed by atoms with Gasteiger partial charge in [0, 0.05) is 12.8 Å². The predicted molar refractivity (Wildman–Crippen MR) is 261 cm³/mol. The fourth-order valence-corrected chi connectivity index (χ4v) is 9.50. The van der Waals surface area contributed by atoms with Crippen LogP contribution in [0.25, 0.3) is 0 Å². The fraction of sp³-hybridized carbons (Fsp3) is 0.787. The standard InChI is InChI=1S/C47H85O19P3/c1-3-5-7-9-11-13-15-17-19-20-22-24-26-28-30-32-34-36-41(49)63-39(37-61-40(48)35-33-31-29-27-25-23-21-18-16-14-12-10-8-6-4-2)38-62-69(59,60)66-45-42(50)43(51)46(64-67(53,54)55)47(44(45)52)65-68(56,57)58/h11,13,17,19,22,24,28,30,39,42-47,50-52H,3-10,12,14-16,18,20-21,23,25-27,29,31-38H2,1-2H3,(H,59,60)(H2,53,54,55)(H2,56,57,58)/t39-,42?,43?,44?,45+,46?,47+/m1/s1. The van der Waals surface area contributed by atoms with E-state index in [9.17, 15) is 63.1 Å². The van der Waals surface area contributed by atoms with Gasteiger partial charge in [0.15, 0.2) is 6.10 Å². The molecule has 0 heterocycles. The van der Waals surface area contributed by atoms with Gasteiger partial charge in [0.05, 0.1) is 6.61 Å². The summed E-state index contributed by atoms with van der Waals surface area (Å²) in [7, 11) is -16.6. The molecule has 1 saturated carbocycles. The van der Waals surface area contributed by atoms with Crippen LogP contribution < -0.4 is 0 Å². The maximum atomic E-state index is 13.1. The summed E-state index contributed by atoms with van der Waals surface area (Å²) in [5, 5.41) is 31.9. The molecule has 1 fully saturated rings. The van der Waals surface area contributed by atoms with Crippen molar-refractivity contribution in [3.63, 3.8) is 0 Å². The number of rotatable bonds is 42. The van der Waals surface area contributed by atoms with Crippen LogP contribution in [0, 0.1) is 0 Å². The highest BCUT2D eigenvalue weighted by atomic mass is 31.2. The lowest BCUT2D eigenvalue weighted by atomic mass is 9.85. The molecule has 8 atom stereocenters. The van der Waals surface area contributed by atoms with E-state index in [4.69, 9.17) is 18.5 Å². The van der Waals surface area contributed by atoms with Crippen molar-refractivity contribution in [2.45, 2.75) is 224 Å². The Morgan fingerprint density at radius 1 is 0.464 bits per heavy atom. The molecule has 8 N–H and O–H groups in total. The molecule has 22 heteroatoms. The highest BCUT2D eigenvalue weighted by molar-refractivity contribution is 7.47. The quantitative estimate of drug-likeness (QED) is 0.0122. The first-order valence-electron chi connectivity index (χ1n) is 24.9. The molecule has 5 unspecified atom stereocenters. The van der Waals surface area contributed by atoms with E-state index in [2.05, 4.69) is 53.3 Å². The Morgan fingerprint density at radius 2 is 0.855 bits per heavy atom. The third-order valence-corrected chi connectivity index (χ3v) is 13.2. The SMILES string of the molecule is CCCCCC=CCC=CCC=CCC=CCCCC(=O)O[C@H](COC(=O)CCCCCCCCCCCCCCCCC)COP(=O)(O)O[C@H]1C(O)C(O)C(OP(=O)(O)O)[C@@H](OP(=O)(O)O)C1O. The highest BCUT2D eigenvalue weighted by Gasteiger charge is 2.56. The molecule has 0 amide bonds. The zero-order valence-electron chi connectivity index (χ0n) is 40.9. The van der Waals surface area contributed by atoms with Crippen molar-refractivity contribution in [1.29, 1.82) is 0 Å². The van der Waals surface area contributed by atoms with Gasteiger partial charge in [0.1, 0.15) is 43.2 Å². The topological polar surface area (TPSA) is 303 Å². The number of carbonyl (C=O) groups is 2. The number of allylic oxidation sites excluding steroid dienone is 8. The maximum Gasteiger partial charge on any atom is 0.472 e. The molecule has 0 radical (unpaired) electrons. The highest BCUT2D eigenvalue weighted by Crippen LogP contribution is 2.51. The summed E-state index contributed by atoms with van der Waals surface area (Å²) >= 11 is 0. The van der Waals surface area contributed by atoms with Crippen molar-refractivity contribution in [2.75, 3.05) is 13.2 Å². The van der Waals surface area contributed by atoms with Gasteiger partial charge in [0.2, 0.25) is 0 Å². The minimum Gasteiger partial charge on any atom is -0.462 e. The van der Waals surface area contributed by atoms with Gasteiger partial charge >= 0.3 is 35.4 Å². The lowest BCUT2D eigenvalue weighted by molar-refractivity contribution is -0.213. The van der Waals surface area contributed by atoms with E-state index in [1.165, 1.54) is 83.5 Å². The van der Waals surface area contributed by atoms with Crippen LogP contribution in [0.3, 0.4) is 0 Å². The van der Waals surface area contributed by atoms with Crippen molar-refractivity contribution in [3.8, 4) is 0 Å². The molecule has 0 bridgehead atoms. The Kier molecular flexibility index (Phi) is 36.5. The van der Waals surface area contributed by atoms with Gasteiger partial charge in [-0.25, -0.2) is 13.7 Å². The number of hydrogen-bond donors (Lipinski definition) is 8. The van der Waals surface area contributed by atoms with E-state index in [1.54, 1.807) is 0 Å². The van der Waals surface area contributed by atoms with Crippen molar-refractivity contribution in [1.82, 2.24) is 0 Å². The normalized spacial score (nSPS) is 21.7. The van der Waals surface area contributed by atoms with Crippen LogP contribution in [0.5, 0.6) is 0 Å². The van der Waals surface area contributed by atoms with Crippen LogP contribution >= 0.6 is 23.5 Å². The van der Waals surface area contributed by atoms with Gasteiger partial charge < -0.3 is 49.3 Å². The van der Waals surface area contributed by atoms with Crippen molar-refractivity contribution in [2.24, 2.45) is 0 Å². The minimum absolute atomic E-state index is 0.0703. The van der Waals surface area contributed by atoms with Crippen molar-refractivity contribution in [3.05, 3.63) is 48.6 Å². The monoisotopic (exact) mass is 1050 g/mol. The number of esters is 2. The lowest BCUT2D eigenvalue weighted by Gasteiger charge is -2.44. The smallest absolute Gasteiger partial charge is 0.462 e. The second-order valence-corrected chi connectivity index (χ2v) is 21.2. The zero-order valence-corrected chi connectivity index (χ0v) is 43.6. The summed E-state index contributed by atoms with van der Waals surface area (Å²) in [4.78, 5) is 73.3. The summed E-state index contributed by atoms with van der Waals surface area (Å²) in [6, 6.07) is 0. The number of phosphoric acid groups is 3. The van der Waals surface area contributed by atoms with Gasteiger partial charge in [-0.15, -0.1) is 0 Å². The molecule has 69 heavy (non-hydrogen) atoms. The molecule has 1 aliphatic carbocycles. The maximum absolute atomic E-state index is 13.1. The summed E-state index contributed by atoms with van der Waals surface area (Å²) < 4.78 is 65.5. The van der Waals surface area contributed by atoms with Gasteiger partial charge in [0.25, 0.3) is 0 Å². The number of phosphoric ester groups is 3. The minimum atomic E-state index is -5.61. The molecule has 19 nitrogen and oxygen atoms in total. The molecule has 0 aromatic heterocycles. The lowest BCUT2D eigenvalue weighted by Crippen LogP contribution is -2.65. The summed E-state index contributed by atoms with van der Waals surface area (Å²) in [6.07, 6.45) is 25.6. The number of ether oxygens (including phenoxy) is 2. The molecule has 0 saturated heterocycles. The second-order valence-electron chi connectivity index (χ2n) is 17.4. The summed E-state index contributed by atoms with van der Waals surface area (Å²) in [5.41, 5.74) is 0. The van der Waals surface area contributed by atoms with Crippen LogP contribution in [-0.2, 0) is 50.9 Å². The van der Waals surface area contributed by atoms with Gasteiger partial charge in [-0.05, 0) is 51.4 Å². The Balaban J connectivity index is 2.75. The summed E-state index contributed by atoms with van der Waals surface area (Å²) in [6.45, 7) is 2.88. The molecule has 1 aliphatic rings. The Bertz CT molecular complexity index is 1630. The zero-order chi connectivity index (χ0) is 51.4. The molecule has 0 aliphatic heterocycles. The predicted octanol–water partition coefficient (Wildman–Crippen LogP) is 9.40. The average molecular weight is 1050 g/mol. The van der Waals surface area contributed by atoms with E-state index in [0.717, 1.165) is 44.9 Å². The van der Waals surface area contributed by atoms with E-state index in [1.807, 2.05) is 18.2 Å². The van der Waals surface area contributed by atoms with Crippen LogP contribution in [-0.4, -0.2) is 108 Å². The van der Waals surface area contributed by atoms with Crippen LogP contribution in [0.1, 0.15) is 181 Å². The first kappa shape index (κ1) is 65.1. The molecule has 0 aromatic carbocycles. The second kappa shape index (κ2) is 38.7. The first-order chi connectivity index (χ1) is 32.8.